The van der Waals surface area contributed by atoms with Gasteiger partial charge in [0.1, 0.15) is 0 Å². The Hall–Kier alpha value is -7.22. The molecule has 0 amide bonds. The highest BCUT2D eigenvalue weighted by molar-refractivity contribution is 7.27. The van der Waals surface area contributed by atoms with Gasteiger partial charge in [-0.25, -0.2) is 4.85 Å². The van der Waals surface area contributed by atoms with E-state index < -0.39 is 0 Å². The third kappa shape index (κ3) is 5.31. The summed E-state index contributed by atoms with van der Waals surface area (Å²) in [4.78, 5) is 8.45. The molecular formula is C53H34N4S2. The second-order valence-corrected chi connectivity index (χ2v) is 17.6. The van der Waals surface area contributed by atoms with E-state index in [1.54, 1.807) is 0 Å². The number of nitriles is 1. The van der Waals surface area contributed by atoms with Crippen LogP contribution in [0.15, 0.2) is 170 Å². The molecule has 0 aliphatic heterocycles. The molecule has 6 heteroatoms. The lowest BCUT2D eigenvalue weighted by Crippen LogP contribution is -2.18. The first-order valence-electron chi connectivity index (χ1n) is 19.6. The highest BCUT2D eigenvalue weighted by atomic mass is 32.1. The van der Waals surface area contributed by atoms with Crippen molar-refractivity contribution < 1.29 is 0 Å². The predicted molar refractivity (Wildman–Crippen MR) is 250 cm³/mol. The Kier molecular flexibility index (Phi) is 7.97. The van der Waals surface area contributed by atoms with Crippen molar-refractivity contribution in [2.24, 2.45) is 0 Å². The Balaban J connectivity index is 1.27. The molecule has 2 heterocycles. The van der Waals surface area contributed by atoms with Crippen LogP contribution >= 0.6 is 22.7 Å². The Morgan fingerprint density at radius 2 is 1.00 bits per heavy atom. The summed E-state index contributed by atoms with van der Waals surface area (Å²) in [5, 5.41) is 14.7. The van der Waals surface area contributed by atoms with Crippen LogP contribution in [0.3, 0.4) is 0 Å². The maximum atomic E-state index is 9.72. The first-order valence-corrected chi connectivity index (χ1v) is 21.2. The summed E-state index contributed by atoms with van der Waals surface area (Å²) in [6, 6.07) is 62.0. The van der Waals surface area contributed by atoms with Gasteiger partial charge in [0, 0.05) is 69.4 Å². The molecule has 278 valence electrons. The van der Waals surface area contributed by atoms with E-state index in [0.29, 0.717) is 11.3 Å². The van der Waals surface area contributed by atoms with Crippen LogP contribution in [0.2, 0.25) is 0 Å². The number of fused-ring (bicyclic) bond motifs is 11. The SMILES string of the molecule is [C-]#[N+]c1ccc(N(c2ccccc2)c2cc3c(c4sc5ccccc5c24)-c2c(cc(N(c4ccccc4)c4ccc(C#N)cc4)c4sc5ccccc5c24)C3(C)C)cc1. The lowest BCUT2D eigenvalue weighted by Gasteiger charge is -2.30. The summed E-state index contributed by atoms with van der Waals surface area (Å²) in [5.74, 6) is 0. The number of hydrogen-bond acceptors (Lipinski definition) is 5. The average Bonchev–Trinajstić information content (AvgIpc) is 3.93. The lowest BCUT2D eigenvalue weighted by atomic mass is 9.81. The van der Waals surface area contributed by atoms with Crippen molar-refractivity contribution in [1.29, 1.82) is 5.26 Å². The van der Waals surface area contributed by atoms with Crippen molar-refractivity contribution in [3.05, 3.63) is 198 Å². The maximum Gasteiger partial charge on any atom is 0.187 e. The number of para-hydroxylation sites is 2. The minimum Gasteiger partial charge on any atom is -0.310 e. The van der Waals surface area contributed by atoms with Gasteiger partial charge in [0.2, 0.25) is 0 Å². The molecule has 2 aromatic heterocycles. The molecule has 4 nitrogen and oxygen atoms in total. The zero-order valence-corrected chi connectivity index (χ0v) is 33.9. The molecule has 1 aliphatic rings. The monoisotopic (exact) mass is 790 g/mol. The molecule has 0 bridgehead atoms. The Morgan fingerprint density at radius 3 is 1.59 bits per heavy atom. The minimum atomic E-state index is -0.390. The quantitative estimate of drug-likeness (QED) is 0.157. The first-order chi connectivity index (χ1) is 28.9. The van der Waals surface area contributed by atoms with Gasteiger partial charge in [-0.15, -0.1) is 22.7 Å². The van der Waals surface area contributed by atoms with Gasteiger partial charge in [-0.3, -0.25) is 0 Å². The normalized spacial score (nSPS) is 12.7. The fraction of sp³-hybridized carbons (Fsp3) is 0.0566. The summed E-state index contributed by atoms with van der Waals surface area (Å²) in [7, 11) is 0. The van der Waals surface area contributed by atoms with Gasteiger partial charge in [-0.05, 0) is 102 Å². The number of anilines is 6. The third-order valence-corrected chi connectivity index (χ3v) is 14.2. The highest BCUT2D eigenvalue weighted by Crippen LogP contribution is 2.62. The van der Waals surface area contributed by atoms with Gasteiger partial charge in [0.05, 0.1) is 34.3 Å². The van der Waals surface area contributed by atoms with Gasteiger partial charge in [0.25, 0.3) is 0 Å². The van der Waals surface area contributed by atoms with Crippen molar-refractivity contribution in [3.8, 4) is 17.2 Å². The van der Waals surface area contributed by atoms with Gasteiger partial charge < -0.3 is 9.80 Å². The number of hydrogen-bond donors (Lipinski definition) is 0. The molecule has 0 fully saturated rings. The number of benzene rings is 8. The molecule has 1 aliphatic carbocycles. The van der Waals surface area contributed by atoms with Gasteiger partial charge >= 0.3 is 0 Å². The van der Waals surface area contributed by atoms with E-state index in [9.17, 15) is 5.26 Å². The zero-order valence-electron chi connectivity index (χ0n) is 32.3. The molecule has 10 aromatic rings. The highest BCUT2D eigenvalue weighted by Gasteiger charge is 2.42. The van der Waals surface area contributed by atoms with Crippen molar-refractivity contribution in [1.82, 2.24) is 0 Å². The molecule has 0 radical (unpaired) electrons. The molecule has 0 saturated heterocycles. The molecule has 8 aromatic carbocycles. The minimum absolute atomic E-state index is 0.390. The Bertz CT molecular complexity index is 3370. The second kappa shape index (κ2) is 13.4. The number of rotatable bonds is 6. The van der Waals surface area contributed by atoms with Crippen LogP contribution in [0.4, 0.5) is 39.8 Å². The summed E-state index contributed by atoms with van der Waals surface area (Å²) < 4.78 is 5.00. The number of nitrogens with zero attached hydrogens (tertiary/aromatic N) is 4. The largest absolute Gasteiger partial charge is 0.310 e. The third-order valence-electron chi connectivity index (χ3n) is 11.9. The van der Waals surface area contributed by atoms with Crippen LogP contribution in [-0.4, -0.2) is 0 Å². The standard InChI is InChI=1S/C53H34N4S2/c1-53(2)41-31-44(57(36-16-8-5-9-17-36)37-26-22-33(32-54)23-27-37)51-48(40-19-11-13-21-46(40)58-51)49(41)50-42(53)30-43(47-39-18-10-12-20-45(39)59-52(47)50)56(35-14-6-4-7-15-35)38-28-24-34(55-3)25-29-38/h4-31H,1-2H3. The maximum absolute atomic E-state index is 9.72. The van der Waals surface area contributed by atoms with E-state index in [4.69, 9.17) is 6.57 Å². The van der Waals surface area contributed by atoms with E-state index in [0.717, 1.165) is 34.1 Å². The van der Waals surface area contributed by atoms with Crippen LogP contribution in [0.25, 0.3) is 56.3 Å². The molecule has 0 atom stereocenters. The van der Waals surface area contributed by atoms with Gasteiger partial charge in [-0.1, -0.05) is 98.8 Å². The smallest absolute Gasteiger partial charge is 0.187 e. The van der Waals surface area contributed by atoms with Crippen LogP contribution in [-0.2, 0) is 5.41 Å². The second-order valence-electron chi connectivity index (χ2n) is 15.5. The Morgan fingerprint density at radius 1 is 0.525 bits per heavy atom. The fourth-order valence-electron chi connectivity index (χ4n) is 9.11. The predicted octanol–water partition coefficient (Wildman–Crippen LogP) is 16.1. The van der Waals surface area contributed by atoms with Gasteiger partial charge in [-0.2, -0.15) is 5.26 Å². The van der Waals surface area contributed by atoms with Crippen molar-refractivity contribution in [2.45, 2.75) is 19.3 Å². The van der Waals surface area contributed by atoms with Crippen molar-refractivity contribution in [3.63, 3.8) is 0 Å². The van der Waals surface area contributed by atoms with E-state index in [2.05, 4.69) is 180 Å². The van der Waals surface area contributed by atoms with Crippen LogP contribution < -0.4 is 9.80 Å². The summed E-state index contributed by atoms with van der Waals surface area (Å²) in [6.07, 6.45) is 0. The Labute approximate surface area is 350 Å². The topological polar surface area (TPSA) is 34.6 Å². The lowest BCUT2D eigenvalue weighted by molar-refractivity contribution is 0.661. The summed E-state index contributed by atoms with van der Waals surface area (Å²) in [6.45, 7) is 12.4. The number of thiophene rings is 2. The molecule has 0 saturated carbocycles. The van der Waals surface area contributed by atoms with Crippen molar-refractivity contribution >= 4 is 103 Å². The molecule has 59 heavy (non-hydrogen) atoms. The van der Waals surface area contributed by atoms with Crippen LogP contribution in [0.5, 0.6) is 0 Å². The van der Waals surface area contributed by atoms with E-state index in [1.165, 1.54) is 62.6 Å². The summed E-state index contributed by atoms with van der Waals surface area (Å²) in [5.41, 5.74) is 12.4. The average molecular weight is 791 g/mol. The molecule has 0 spiro atoms. The van der Waals surface area contributed by atoms with E-state index >= 15 is 0 Å². The first kappa shape index (κ1) is 35.0. The molecule has 11 rings (SSSR count). The fourth-order valence-corrected chi connectivity index (χ4v) is 11.6. The van der Waals surface area contributed by atoms with Crippen LogP contribution in [0.1, 0.15) is 30.5 Å². The molecular weight excluding hydrogens is 757 g/mol. The van der Waals surface area contributed by atoms with Crippen molar-refractivity contribution in [2.75, 3.05) is 9.80 Å². The zero-order chi connectivity index (χ0) is 39.8. The molecule has 0 unspecified atom stereocenters. The molecule has 0 N–H and O–H groups in total. The van der Waals surface area contributed by atoms with Crippen LogP contribution in [0, 0.1) is 17.9 Å². The van der Waals surface area contributed by atoms with E-state index in [-0.39, 0.29) is 5.41 Å². The summed E-state index contributed by atoms with van der Waals surface area (Å²) >= 11 is 3.73. The van der Waals surface area contributed by atoms with E-state index in [1.807, 2.05) is 46.9 Å². The van der Waals surface area contributed by atoms with Gasteiger partial charge in [0.15, 0.2) is 5.69 Å².